The van der Waals surface area contributed by atoms with Crippen LogP contribution in [0.4, 0.5) is 0 Å². The third-order valence-corrected chi connectivity index (χ3v) is 4.66. The molecule has 2 atom stereocenters. The Morgan fingerprint density at radius 2 is 1.70 bits per heavy atom. The largest absolute Gasteiger partial charge is 0.314 e. The maximum absolute atomic E-state index is 3.44. The smallest absolute Gasteiger partial charge is 0.0374 e. The summed E-state index contributed by atoms with van der Waals surface area (Å²) in [6.45, 7) is 9.26. The fourth-order valence-corrected chi connectivity index (χ4v) is 3.10. The van der Waals surface area contributed by atoms with Gasteiger partial charge < -0.3 is 5.32 Å². The molecule has 1 unspecified atom stereocenters. The standard InChI is InChI=1S/C15H23IN2.2ClH/c1-3-12(2)15(18-10-8-17-9-11-18)13-4-6-14(16)7-5-13;;/h4-7,12,15,17H,3,8-11H2,1-2H3;2*1H/t12?,15-;;/m0../s1. The summed E-state index contributed by atoms with van der Waals surface area (Å²) in [7, 11) is 0. The minimum atomic E-state index is 0. The maximum atomic E-state index is 3.44. The zero-order chi connectivity index (χ0) is 13.0. The molecule has 0 amide bonds. The van der Waals surface area contributed by atoms with Crippen molar-refractivity contribution in [3.63, 3.8) is 0 Å². The fourth-order valence-electron chi connectivity index (χ4n) is 2.74. The number of hydrogen-bond acceptors (Lipinski definition) is 2. The van der Waals surface area contributed by atoms with Crippen molar-refractivity contribution in [2.24, 2.45) is 5.92 Å². The summed E-state index contributed by atoms with van der Waals surface area (Å²) < 4.78 is 1.32. The van der Waals surface area contributed by atoms with E-state index in [-0.39, 0.29) is 24.8 Å². The normalized spacial score (nSPS) is 18.6. The lowest BCUT2D eigenvalue weighted by atomic mass is 9.90. The average Bonchev–Trinajstić information content (AvgIpc) is 2.42. The summed E-state index contributed by atoms with van der Waals surface area (Å²) >= 11 is 2.38. The molecule has 1 aliphatic rings. The first-order valence-electron chi connectivity index (χ1n) is 6.92. The minimum Gasteiger partial charge on any atom is -0.314 e. The van der Waals surface area contributed by atoms with Crippen LogP contribution in [0.1, 0.15) is 31.9 Å². The molecule has 0 saturated carbocycles. The highest BCUT2D eigenvalue weighted by atomic mass is 127. The van der Waals surface area contributed by atoms with Crippen LogP contribution in [0, 0.1) is 9.49 Å². The van der Waals surface area contributed by atoms with Crippen LogP contribution in [0.15, 0.2) is 24.3 Å². The van der Waals surface area contributed by atoms with Gasteiger partial charge in [0, 0.05) is 35.8 Å². The van der Waals surface area contributed by atoms with Gasteiger partial charge in [-0.3, -0.25) is 4.90 Å². The van der Waals surface area contributed by atoms with E-state index in [2.05, 4.69) is 70.9 Å². The highest BCUT2D eigenvalue weighted by molar-refractivity contribution is 14.1. The van der Waals surface area contributed by atoms with Crippen molar-refractivity contribution >= 4 is 47.4 Å². The molecule has 1 N–H and O–H groups in total. The number of hydrogen-bond donors (Lipinski definition) is 1. The second-order valence-electron chi connectivity index (χ2n) is 5.17. The first-order valence-corrected chi connectivity index (χ1v) is 8.00. The van der Waals surface area contributed by atoms with Crippen LogP contribution in [-0.2, 0) is 0 Å². The summed E-state index contributed by atoms with van der Waals surface area (Å²) in [6.07, 6.45) is 1.24. The summed E-state index contributed by atoms with van der Waals surface area (Å²) in [6, 6.07) is 9.65. The summed E-state index contributed by atoms with van der Waals surface area (Å²) in [5.41, 5.74) is 1.48. The van der Waals surface area contributed by atoms with E-state index in [9.17, 15) is 0 Å². The van der Waals surface area contributed by atoms with Gasteiger partial charge in [0.1, 0.15) is 0 Å². The topological polar surface area (TPSA) is 15.3 Å². The van der Waals surface area contributed by atoms with Gasteiger partial charge in [0.2, 0.25) is 0 Å². The summed E-state index contributed by atoms with van der Waals surface area (Å²) in [5.74, 6) is 0.711. The highest BCUT2D eigenvalue weighted by Crippen LogP contribution is 2.31. The summed E-state index contributed by atoms with van der Waals surface area (Å²) in [4.78, 5) is 2.65. The number of rotatable bonds is 4. The first-order chi connectivity index (χ1) is 8.72. The number of piperazine rings is 1. The Morgan fingerprint density at radius 3 is 2.20 bits per heavy atom. The Bertz CT molecular complexity index is 367. The zero-order valence-corrected chi connectivity index (χ0v) is 15.9. The van der Waals surface area contributed by atoms with Crippen molar-refractivity contribution < 1.29 is 0 Å². The van der Waals surface area contributed by atoms with Crippen molar-refractivity contribution in [1.82, 2.24) is 10.2 Å². The van der Waals surface area contributed by atoms with Crippen molar-refractivity contribution in [2.75, 3.05) is 26.2 Å². The van der Waals surface area contributed by atoms with E-state index in [0.29, 0.717) is 12.0 Å². The van der Waals surface area contributed by atoms with E-state index in [4.69, 9.17) is 0 Å². The number of nitrogens with zero attached hydrogens (tertiary/aromatic N) is 1. The molecule has 0 radical (unpaired) electrons. The van der Waals surface area contributed by atoms with Crippen LogP contribution in [0.2, 0.25) is 0 Å². The van der Waals surface area contributed by atoms with Gasteiger partial charge in [-0.05, 0) is 46.2 Å². The Hall–Kier alpha value is 0.450. The van der Waals surface area contributed by atoms with Gasteiger partial charge in [0.25, 0.3) is 0 Å². The van der Waals surface area contributed by atoms with Crippen LogP contribution < -0.4 is 5.32 Å². The maximum Gasteiger partial charge on any atom is 0.0374 e. The number of halogens is 3. The van der Waals surface area contributed by atoms with Crippen LogP contribution in [-0.4, -0.2) is 31.1 Å². The molecule has 20 heavy (non-hydrogen) atoms. The van der Waals surface area contributed by atoms with Crippen molar-refractivity contribution in [1.29, 1.82) is 0 Å². The quantitative estimate of drug-likeness (QED) is 0.722. The highest BCUT2D eigenvalue weighted by Gasteiger charge is 2.26. The molecule has 1 heterocycles. The van der Waals surface area contributed by atoms with E-state index < -0.39 is 0 Å². The Balaban J connectivity index is 0.00000180. The third-order valence-electron chi connectivity index (χ3n) is 3.94. The first kappa shape index (κ1) is 20.5. The fraction of sp³-hybridized carbons (Fsp3) is 0.600. The van der Waals surface area contributed by atoms with Gasteiger partial charge in [-0.1, -0.05) is 32.4 Å². The van der Waals surface area contributed by atoms with E-state index >= 15 is 0 Å². The number of nitrogens with one attached hydrogen (secondary N) is 1. The molecule has 1 saturated heterocycles. The second kappa shape index (κ2) is 10.2. The van der Waals surface area contributed by atoms with Gasteiger partial charge in [-0.15, -0.1) is 24.8 Å². The minimum absolute atomic E-state index is 0. The zero-order valence-electron chi connectivity index (χ0n) is 12.1. The molecule has 2 nitrogen and oxygen atoms in total. The third kappa shape index (κ3) is 5.34. The molecule has 1 aliphatic heterocycles. The molecule has 0 aromatic heterocycles. The molecule has 0 bridgehead atoms. The van der Waals surface area contributed by atoms with Crippen LogP contribution >= 0.6 is 47.4 Å². The van der Waals surface area contributed by atoms with Crippen molar-refractivity contribution in [2.45, 2.75) is 26.3 Å². The van der Waals surface area contributed by atoms with Gasteiger partial charge in [-0.25, -0.2) is 0 Å². The van der Waals surface area contributed by atoms with Crippen molar-refractivity contribution in [3.8, 4) is 0 Å². The van der Waals surface area contributed by atoms with E-state index in [1.54, 1.807) is 0 Å². The van der Waals surface area contributed by atoms with E-state index in [1.807, 2.05) is 0 Å². The molecule has 0 aliphatic carbocycles. The molecular formula is C15H25Cl2IN2. The van der Waals surface area contributed by atoms with E-state index in [0.717, 1.165) is 13.1 Å². The monoisotopic (exact) mass is 430 g/mol. The molecule has 116 valence electrons. The van der Waals surface area contributed by atoms with Gasteiger partial charge in [0.15, 0.2) is 0 Å². The summed E-state index contributed by atoms with van der Waals surface area (Å²) in [5, 5.41) is 3.44. The lowest BCUT2D eigenvalue weighted by Gasteiger charge is -2.38. The van der Waals surface area contributed by atoms with E-state index in [1.165, 1.54) is 28.6 Å². The molecule has 1 aromatic carbocycles. The molecule has 0 spiro atoms. The second-order valence-corrected chi connectivity index (χ2v) is 6.41. The lowest BCUT2D eigenvalue weighted by Crippen LogP contribution is -2.46. The Morgan fingerprint density at radius 1 is 1.15 bits per heavy atom. The lowest BCUT2D eigenvalue weighted by molar-refractivity contribution is 0.128. The Kier molecular flexibility index (Phi) is 10.5. The predicted molar refractivity (Wildman–Crippen MR) is 100 cm³/mol. The SMILES string of the molecule is CCC(C)[C@@H](c1ccc(I)cc1)N1CCNCC1.Cl.Cl. The average molecular weight is 431 g/mol. The Labute approximate surface area is 149 Å². The predicted octanol–water partition coefficient (Wildman–Crippen LogP) is 4.13. The van der Waals surface area contributed by atoms with Gasteiger partial charge in [0.05, 0.1) is 0 Å². The molecule has 1 aromatic rings. The van der Waals surface area contributed by atoms with Crippen LogP contribution in [0.25, 0.3) is 0 Å². The molecule has 5 heteroatoms. The number of benzene rings is 1. The van der Waals surface area contributed by atoms with Crippen molar-refractivity contribution in [3.05, 3.63) is 33.4 Å². The molecule has 2 rings (SSSR count). The molecular weight excluding hydrogens is 406 g/mol. The van der Waals surface area contributed by atoms with Crippen LogP contribution in [0.5, 0.6) is 0 Å². The van der Waals surface area contributed by atoms with Crippen LogP contribution in [0.3, 0.4) is 0 Å². The van der Waals surface area contributed by atoms with Gasteiger partial charge >= 0.3 is 0 Å². The van der Waals surface area contributed by atoms with Gasteiger partial charge in [-0.2, -0.15) is 0 Å². The molecule has 1 fully saturated rings.